The van der Waals surface area contributed by atoms with Crippen LogP contribution in [-0.2, 0) is 4.79 Å². The van der Waals surface area contributed by atoms with Gasteiger partial charge in [-0.05, 0) is 36.4 Å². The van der Waals surface area contributed by atoms with E-state index in [2.05, 4.69) is 15.6 Å². The van der Waals surface area contributed by atoms with Crippen LogP contribution in [0.2, 0.25) is 4.34 Å². The summed E-state index contributed by atoms with van der Waals surface area (Å²) < 4.78 is 1.88. The van der Waals surface area contributed by atoms with E-state index in [-0.39, 0.29) is 23.9 Å². The van der Waals surface area contributed by atoms with Crippen LogP contribution in [0.3, 0.4) is 0 Å². The molecule has 4 rings (SSSR count). The van der Waals surface area contributed by atoms with Gasteiger partial charge in [-0.2, -0.15) is 0 Å². The van der Waals surface area contributed by atoms with Crippen LogP contribution in [0.5, 0.6) is 0 Å². The fraction of sp³-hybridized carbons (Fsp3) is 0.190. The minimum absolute atomic E-state index is 0.262. The molecule has 3 aromatic rings. The predicted octanol–water partition coefficient (Wildman–Crippen LogP) is 1.32. The summed E-state index contributed by atoms with van der Waals surface area (Å²) in [7, 11) is 1.61. The molecule has 0 aliphatic carbocycles. The van der Waals surface area contributed by atoms with E-state index in [9.17, 15) is 19.2 Å². The molecule has 164 valence electrons. The Bertz CT molecular complexity index is 1240. The Morgan fingerprint density at radius 1 is 1.09 bits per heavy atom. The molecule has 32 heavy (non-hydrogen) atoms. The second-order valence-corrected chi connectivity index (χ2v) is 8.90. The lowest BCUT2D eigenvalue weighted by molar-refractivity contribution is -0.128. The molecular formula is C21H18ClN5O4S. The summed E-state index contributed by atoms with van der Waals surface area (Å²) in [5, 5.41) is 5.52. The molecule has 1 aliphatic heterocycles. The number of carbonyl (C=O) groups is 3. The maximum absolute atomic E-state index is 12.8. The van der Waals surface area contributed by atoms with Crippen molar-refractivity contribution in [2.24, 2.45) is 0 Å². The molecule has 2 aromatic heterocycles. The van der Waals surface area contributed by atoms with E-state index in [4.69, 9.17) is 11.6 Å². The highest BCUT2D eigenvalue weighted by atomic mass is 35.5. The van der Waals surface area contributed by atoms with E-state index in [0.29, 0.717) is 20.5 Å². The highest BCUT2D eigenvalue weighted by Gasteiger charge is 2.40. The van der Waals surface area contributed by atoms with E-state index < -0.39 is 18.0 Å². The number of nitrogens with zero attached hydrogens (tertiary/aromatic N) is 3. The quantitative estimate of drug-likeness (QED) is 0.582. The van der Waals surface area contributed by atoms with Crippen LogP contribution in [-0.4, -0.2) is 57.8 Å². The second-order valence-electron chi connectivity index (χ2n) is 7.19. The van der Waals surface area contributed by atoms with Crippen molar-refractivity contribution in [2.75, 3.05) is 13.6 Å². The largest absolute Gasteiger partial charge is 0.344 e. The van der Waals surface area contributed by atoms with Gasteiger partial charge in [-0.1, -0.05) is 11.6 Å². The topological polar surface area (TPSA) is 113 Å². The molecule has 0 unspecified atom stereocenters. The molecule has 1 aliphatic rings. The van der Waals surface area contributed by atoms with Gasteiger partial charge < -0.3 is 15.5 Å². The molecule has 3 heterocycles. The SMILES string of the molecule is CN1C[C@@H](NC(=O)c2ccc(Cl)s2)[C@@H](NC(=O)c2ccc(-n3ccncc3=O)cc2)C1=O. The molecule has 2 N–H and O–H groups in total. The van der Waals surface area contributed by atoms with Gasteiger partial charge in [-0.15, -0.1) is 11.3 Å². The number of carbonyl (C=O) groups excluding carboxylic acids is 3. The van der Waals surface area contributed by atoms with Crippen LogP contribution in [0.15, 0.2) is 59.8 Å². The second kappa shape index (κ2) is 8.93. The molecule has 0 spiro atoms. The van der Waals surface area contributed by atoms with Crippen LogP contribution < -0.4 is 16.2 Å². The molecule has 1 aromatic carbocycles. The molecule has 11 heteroatoms. The minimum Gasteiger partial charge on any atom is -0.344 e. The van der Waals surface area contributed by atoms with Crippen molar-refractivity contribution in [2.45, 2.75) is 12.1 Å². The first-order chi connectivity index (χ1) is 15.3. The molecule has 0 bridgehead atoms. The number of hydrogen-bond donors (Lipinski definition) is 2. The number of thiophene rings is 1. The summed E-state index contributed by atoms with van der Waals surface area (Å²) in [6.07, 6.45) is 4.21. The minimum atomic E-state index is -0.908. The number of likely N-dealkylation sites (N-methyl/N-ethyl adjacent to an activating group) is 1. The van der Waals surface area contributed by atoms with Crippen molar-refractivity contribution < 1.29 is 14.4 Å². The van der Waals surface area contributed by atoms with Gasteiger partial charge in [0.2, 0.25) is 5.91 Å². The van der Waals surface area contributed by atoms with E-state index >= 15 is 0 Å². The third kappa shape index (κ3) is 4.41. The summed E-state index contributed by atoms with van der Waals surface area (Å²) in [5.74, 6) is -1.13. The van der Waals surface area contributed by atoms with E-state index in [1.807, 2.05) is 0 Å². The first-order valence-corrected chi connectivity index (χ1v) is 10.8. The molecule has 2 atom stereocenters. The number of nitrogens with one attached hydrogen (secondary N) is 2. The molecule has 9 nitrogen and oxygen atoms in total. The molecule has 0 saturated carbocycles. The van der Waals surface area contributed by atoms with Crippen molar-refractivity contribution in [3.63, 3.8) is 0 Å². The number of benzene rings is 1. The zero-order valence-corrected chi connectivity index (χ0v) is 18.4. The fourth-order valence-electron chi connectivity index (χ4n) is 3.43. The van der Waals surface area contributed by atoms with Gasteiger partial charge in [0.1, 0.15) is 6.04 Å². The summed E-state index contributed by atoms with van der Waals surface area (Å²) in [6, 6.07) is 8.08. The van der Waals surface area contributed by atoms with Gasteiger partial charge in [0, 0.05) is 37.2 Å². The number of amides is 3. The summed E-state index contributed by atoms with van der Waals surface area (Å²) in [4.78, 5) is 55.4. The van der Waals surface area contributed by atoms with E-state index in [1.165, 1.54) is 28.1 Å². The average molecular weight is 472 g/mol. The van der Waals surface area contributed by atoms with Gasteiger partial charge in [0.15, 0.2) is 0 Å². The summed E-state index contributed by atoms with van der Waals surface area (Å²) >= 11 is 7.02. The highest BCUT2D eigenvalue weighted by Crippen LogP contribution is 2.22. The zero-order chi connectivity index (χ0) is 22.8. The predicted molar refractivity (Wildman–Crippen MR) is 119 cm³/mol. The smallest absolute Gasteiger partial charge is 0.273 e. The number of likely N-dealkylation sites (tertiary alicyclic amines) is 1. The van der Waals surface area contributed by atoms with Gasteiger partial charge in [-0.3, -0.25) is 28.7 Å². The highest BCUT2D eigenvalue weighted by molar-refractivity contribution is 7.18. The number of aromatic nitrogens is 2. The van der Waals surface area contributed by atoms with E-state index in [1.54, 1.807) is 43.4 Å². The lowest BCUT2D eigenvalue weighted by Gasteiger charge is -2.19. The first kappa shape index (κ1) is 21.7. The Morgan fingerprint density at radius 2 is 1.84 bits per heavy atom. The first-order valence-electron chi connectivity index (χ1n) is 9.58. The molecular weight excluding hydrogens is 454 g/mol. The van der Waals surface area contributed by atoms with Crippen molar-refractivity contribution in [3.8, 4) is 5.69 Å². The Hall–Kier alpha value is -3.50. The molecule has 0 radical (unpaired) electrons. The van der Waals surface area contributed by atoms with Gasteiger partial charge >= 0.3 is 0 Å². The van der Waals surface area contributed by atoms with Crippen molar-refractivity contribution in [1.29, 1.82) is 0 Å². The lowest BCUT2D eigenvalue weighted by Crippen LogP contribution is -2.52. The summed E-state index contributed by atoms with van der Waals surface area (Å²) in [6.45, 7) is 0.262. The number of hydrogen-bond acceptors (Lipinski definition) is 6. The van der Waals surface area contributed by atoms with Gasteiger partial charge in [0.25, 0.3) is 17.4 Å². The van der Waals surface area contributed by atoms with Gasteiger partial charge in [0.05, 0.1) is 21.5 Å². The number of halogens is 1. The monoisotopic (exact) mass is 471 g/mol. The maximum atomic E-state index is 12.8. The normalized spacial score (nSPS) is 17.9. The zero-order valence-electron chi connectivity index (χ0n) is 16.8. The Kier molecular flexibility index (Phi) is 6.06. The molecule has 1 saturated heterocycles. The third-order valence-corrected chi connectivity index (χ3v) is 6.28. The van der Waals surface area contributed by atoms with Crippen LogP contribution in [0.4, 0.5) is 0 Å². The average Bonchev–Trinajstić information content (AvgIpc) is 3.33. The van der Waals surface area contributed by atoms with Crippen LogP contribution in [0.1, 0.15) is 20.0 Å². The van der Waals surface area contributed by atoms with Gasteiger partial charge in [-0.25, -0.2) is 0 Å². The lowest BCUT2D eigenvalue weighted by atomic mass is 10.1. The van der Waals surface area contributed by atoms with Crippen molar-refractivity contribution in [1.82, 2.24) is 25.1 Å². The fourth-order valence-corrected chi connectivity index (χ4v) is 4.37. The third-order valence-electron chi connectivity index (χ3n) is 5.05. The van der Waals surface area contributed by atoms with Crippen LogP contribution >= 0.6 is 22.9 Å². The van der Waals surface area contributed by atoms with Crippen molar-refractivity contribution in [3.05, 3.63) is 80.1 Å². The Balaban J connectivity index is 1.48. The standard InChI is InChI=1S/C21H18ClN5O4S/c1-26-11-14(24-20(30)15-6-7-16(22)32-15)18(21(26)31)25-19(29)12-2-4-13(5-3-12)27-9-8-23-10-17(27)28/h2-10,14,18H,11H2,1H3,(H,24,30)(H,25,29)/t14-,18-/m1/s1. The van der Waals surface area contributed by atoms with E-state index in [0.717, 1.165) is 11.3 Å². The maximum Gasteiger partial charge on any atom is 0.273 e. The van der Waals surface area contributed by atoms with Crippen LogP contribution in [0, 0.1) is 0 Å². The van der Waals surface area contributed by atoms with Crippen LogP contribution in [0.25, 0.3) is 5.69 Å². The summed E-state index contributed by atoms with van der Waals surface area (Å²) in [5.41, 5.74) is 0.591. The Labute approximate surface area is 191 Å². The molecule has 3 amide bonds. The molecule has 1 fully saturated rings. The number of rotatable bonds is 5. The Morgan fingerprint density at radius 3 is 2.50 bits per heavy atom. The van der Waals surface area contributed by atoms with Crippen molar-refractivity contribution >= 4 is 40.7 Å².